The molecule has 2 heterocycles. The molecule has 3 nitrogen and oxygen atoms in total. The van der Waals surface area contributed by atoms with Crippen LogP contribution in [-0.2, 0) is 10.3 Å². The molecule has 21 heavy (non-hydrogen) atoms. The zero-order valence-electron chi connectivity index (χ0n) is 12.3. The molecule has 2 aromatic heterocycles. The zero-order valence-corrected chi connectivity index (χ0v) is 17.4. The smallest absolute Gasteiger partial charge is 0.102 e. The molecule has 0 fully saturated rings. The van der Waals surface area contributed by atoms with Crippen molar-refractivity contribution in [3.8, 4) is 0 Å². The van der Waals surface area contributed by atoms with Gasteiger partial charge < -0.3 is 0 Å². The summed E-state index contributed by atoms with van der Waals surface area (Å²) >= 11 is 10.8. The molecule has 0 saturated carbocycles. The van der Waals surface area contributed by atoms with Gasteiger partial charge in [-0.2, -0.15) is 10.2 Å². The van der Waals surface area contributed by atoms with Crippen LogP contribution in [0.2, 0.25) is 0 Å². The maximum absolute atomic E-state index is 6.27. The minimum atomic E-state index is -0.509. The predicted octanol–water partition coefficient (Wildman–Crippen LogP) is 4.88. The van der Waals surface area contributed by atoms with Gasteiger partial charge in [0, 0.05) is 3.57 Å². The van der Waals surface area contributed by atoms with Gasteiger partial charge in [0.1, 0.15) is 3.70 Å². The number of pyridine rings is 1. The van der Waals surface area contributed by atoms with Gasteiger partial charge in [-0.15, -0.1) is 11.6 Å². The maximum Gasteiger partial charge on any atom is 0.102 e. The van der Waals surface area contributed by atoms with Gasteiger partial charge in [-0.05, 0) is 97.1 Å². The van der Waals surface area contributed by atoms with Crippen molar-refractivity contribution < 1.29 is 0 Å². The van der Waals surface area contributed by atoms with Crippen LogP contribution in [0.15, 0.2) is 24.3 Å². The van der Waals surface area contributed by atoms with Crippen LogP contribution in [0.5, 0.6) is 0 Å². The lowest BCUT2D eigenvalue weighted by Crippen LogP contribution is -2.24. The van der Waals surface area contributed by atoms with E-state index in [-0.39, 0.29) is 5.41 Å². The highest BCUT2D eigenvalue weighted by atomic mass is 127. The molecule has 0 aliphatic rings. The van der Waals surface area contributed by atoms with Gasteiger partial charge in [0.25, 0.3) is 0 Å². The van der Waals surface area contributed by atoms with Crippen molar-refractivity contribution in [3.63, 3.8) is 0 Å². The van der Waals surface area contributed by atoms with Crippen molar-refractivity contribution in [2.24, 2.45) is 0 Å². The molecular formula is C15H16ClI2N3. The highest BCUT2D eigenvalue weighted by Crippen LogP contribution is 2.31. The normalized spacial score (nSPS) is 12.5. The summed E-state index contributed by atoms with van der Waals surface area (Å²) in [7, 11) is 0. The van der Waals surface area contributed by atoms with Crippen LogP contribution in [0.1, 0.15) is 44.8 Å². The minimum absolute atomic E-state index is 0.302. The average molecular weight is 528 g/mol. The first kappa shape index (κ1) is 17.3. The van der Waals surface area contributed by atoms with E-state index in [0.29, 0.717) is 0 Å². The first-order chi connectivity index (χ1) is 9.60. The molecule has 0 spiro atoms. The molecule has 6 heteroatoms. The van der Waals surface area contributed by atoms with Crippen LogP contribution in [-0.4, -0.2) is 15.2 Å². The van der Waals surface area contributed by atoms with Crippen LogP contribution >= 0.6 is 56.8 Å². The molecular weight excluding hydrogens is 511 g/mol. The van der Waals surface area contributed by atoms with E-state index in [1.165, 1.54) is 3.57 Å². The molecule has 0 atom stereocenters. The third-order valence-electron chi connectivity index (χ3n) is 3.31. The van der Waals surface area contributed by atoms with E-state index >= 15 is 0 Å². The summed E-state index contributed by atoms with van der Waals surface area (Å²) in [5.41, 5.74) is 2.35. The summed E-state index contributed by atoms with van der Waals surface area (Å²) in [6.45, 7) is 8.04. The second-order valence-corrected chi connectivity index (χ2v) is 9.19. The predicted molar refractivity (Wildman–Crippen MR) is 103 cm³/mol. The van der Waals surface area contributed by atoms with E-state index in [1.807, 2.05) is 32.0 Å². The quantitative estimate of drug-likeness (QED) is 0.325. The standard InChI is InChI=1S/C15H16ClI2N3/c1-14(2,12-7-9(17)8-13(18)19-12)10-5-6-11(21-20-10)15(3,4)16/h5-8H,1-4H3. The molecule has 112 valence electrons. The first-order valence-corrected chi connectivity index (χ1v) is 9.01. The van der Waals surface area contributed by atoms with E-state index in [9.17, 15) is 0 Å². The van der Waals surface area contributed by atoms with Crippen molar-refractivity contribution in [1.29, 1.82) is 0 Å². The monoisotopic (exact) mass is 527 g/mol. The first-order valence-electron chi connectivity index (χ1n) is 6.48. The van der Waals surface area contributed by atoms with Gasteiger partial charge in [-0.1, -0.05) is 0 Å². The van der Waals surface area contributed by atoms with Gasteiger partial charge >= 0.3 is 0 Å². The van der Waals surface area contributed by atoms with Gasteiger partial charge in [0.2, 0.25) is 0 Å². The second-order valence-electron chi connectivity index (χ2n) is 5.89. The Bertz CT molecular complexity index is 629. The fourth-order valence-electron chi connectivity index (χ4n) is 1.90. The number of nitrogens with zero attached hydrogens (tertiary/aromatic N) is 3. The molecule has 0 unspecified atom stereocenters. The number of halogens is 3. The molecule has 0 radical (unpaired) electrons. The Kier molecular flexibility index (Phi) is 5.15. The molecule has 0 bridgehead atoms. The van der Waals surface area contributed by atoms with E-state index in [0.717, 1.165) is 20.8 Å². The summed E-state index contributed by atoms with van der Waals surface area (Å²) in [4.78, 5) is 4.13. The fraction of sp³-hybridized carbons (Fsp3) is 0.400. The maximum atomic E-state index is 6.27. The Morgan fingerprint density at radius 3 is 1.95 bits per heavy atom. The number of hydrogen-bond acceptors (Lipinski definition) is 3. The van der Waals surface area contributed by atoms with Gasteiger partial charge in [-0.25, -0.2) is 4.98 Å². The van der Waals surface area contributed by atoms with Crippen LogP contribution in [0.3, 0.4) is 0 Å². The third kappa shape index (κ3) is 4.04. The van der Waals surface area contributed by atoms with Crippen molar-refractivity contribution in [2.45, 2.75) is 38.0 Å². The average Bonchev–Trinajstić information content (AvgIpc) is 2.36. The highest BCUT2D eigenvalue weighted by Gasteiger charge is 2.28. The van der Waals surface area contributed by atoms with E-state index in [4.69, 9.17) is 11.6 Å². The summed E-state index contributed by atoms with van der Waals surface area (Å²) in [5.74, 6) is 0. The Labute approximate surface area is 157 Å². The molecule has 0 saturated heterocycles. The fourth-order valence-corrected chi connectivity index (χ4v) is 3.78. The van der Waals surface area contributed by atoms with Gasteiger partial charge in [0.05, 0.1) is 27.4 Å². The van der Waals surface area contributed by atoms with Crippen molar-refractivity contribution >= 4 is 56.8 Å². The largest absolute Gasteiger partial charge is 0.246 e. The number of hydrogen-bond donors (Lipinski definition) is 0. The topological polar surface area (TPSA) is 38.7 Å². The van der Waals surface area contributed by atoms with Crippen molar-refractivity contribution in [2.75, 3.05) is 0 Å². The van der Waals surface area contributed by atoms with Crippen LogP contribution < -0.4 is 0 Å². The van der Waals surface area contributed by atoms with Crippen molar-refractivity contribution in [1.82, 2.24) is 15.2 Å². The third-order valence-corrected chi connectivity index (χ3v) is 4.68. The van der Waals surface area contributed by atoms with Crippen LogP contribution in [0.4, 0.5) is 0 Å². The Morgan fingerprint density at radius 1 is 0.905 bits per heavy atom. The Morgan fingerprint density at radius 2 is 1.48 bits per heavy atom. The summed E-state index contributed by atoms with van der Waals surface area (Å²) < 4.78 is 2.15. The second kappa shape index (κ2) is 6.23. The zero-order chi connectivity index (χ0) is 15.8. The van der Waals surface area contributed by atoms with E-state index < -0.39 is 4.87 Å². The van der Waals surface area contributed by atoms with E-state index in [2.05, 4.69) is 80.3 Å². The van der Waals surface area contributed by atoms with Gasteiger partial charge in [-0.3, -0.25) is 0 Å². The van der Waals surface area contributed by atoms with Crippen LogP contribution in [0.25, 0.3) is 0 Å². The van der Waals surface area contributed by atoms with Crippen LogP contribution in [0, 0.1) is 7.27 Å². The molecule has 0 amide bonds. The number of rotatable bonds is 3. The minimum Gasteiger partial charge on any atom is -0.246 e. The summed E-state index contributed by atoms with van der Waals surface area (Å²) in [5, 5.41) is 8.65. The molecule has 2 rings (SSSR count). The molecule has 0 aliphatic carbocycles. The molecule has 0 N–H and O–H groups in total. The number of aromatic nitrogens is 3. The highest BCUT2D eigenvalue weighted by molar-refractivity contribution is 14.1. The molecule has 2 aromatic rings. The SMILES string of the molecule is CC(C)(Cl)c1ccc(C(C)(C)c2cc(I)cc(I)n2)nn1. The molecule has 0 aromatic carbocycles. The Balaban J connectivity index is 2.43. The summed E-state index contributed by atoms with van der Waals surface area (Å²) in [6.07, 6.45) is 0. The number of alkyl halides is 1. The lowest BCUT2D eigenvalue weighted by Gasteiger charge is -2.24. The molecule has 0 aliphatic heterocycles. The lowest BCUT2D eigenvalue weighted by molar-refractivity contribution is 0.573. The van der Waals surface area contributed by atoms with E-state index in [1.54, 1.807) is 0 Å². The Hall–Kier alpha value is -0.0200. The summed E-state index contributed by atoms with van der Waals surface area (Å²) in [6, 6.07) is 8.06. The van der Waals surface area contributed by atoms with Crippen molar-refractivity contribution in [3.05, 3.63) is 48.6 Å². The van der Waals surface area contributed by atoms with Gasteiger partial charge in [0.15, 0.2) is 0 Å². The lowest BCUT2D eigenvalue weighted by atomic mass is 9.85.